The highest BCUT2D eigenvalue weighted by Crippen LogP contribution is 2.29. The number of hydrogen-bond donors (Lipinski definition) is 0. The van der Waals surface area contributed by atoms with Gasteiger partial charge >= 0.3 is 0 Å². The summed E-state index contributed by atoms with van der Waals surface area (Å²) in [6.45, 7) is 2.29. The van der Waals surface area contributed by atoms with Crippen molar-refractivity contribution in [3.63, 3.8) is 0 Å². The van der Waals surface area contributed by atoms with Crippen molar-refractivity contribution in [2.45, 2.75) is 38.6 Å². The molecule has 1 saturated carbocycles. The summed E-state index contributed by atoms with van der Waals surface area (Å²) >= 11 is 0. The van der Waals surface area contributed by atoms with Gasteiger partial charge in [-0.2, -0.15) is 5.26 Å². The molecular formula is C15H19FN2. The summed E-state index contributed by atoms with van der Waals surface area (Å²) in [4.78, 5) is 2.15. The fraction of sp³-hybridized carbons (Fsp3) is 0.533. The molecule has 0 aromatic heterocycles. The van der Waals surface area contributed by atoms with Gasteiger partial charge in [-0.05, 0) is 49.8 Å². The summed E-state index contributed by atoms with van der Waals surface area (Å²) < 4.78 is 13.6. The van der Waals surface area contributed by atoms with Gasteiger partial charge in [0.2, 0.25) is 0 Å². The molecule has 1 aliphatic rings. The molecule has 0 atom stereocenters. The van der Waals surface area contributed by atoms with Crippen molar-refractivity contribution in [1.82, 2.24) is 0 Å². The Morgan fingerprint density at radius 1 is 1.28 bits per heavy atom. The molecule has 0 heterocycles. The predicted octanol–water partition coefficient (Wildman–Crippen LogP) is 3.71. The van der Waals surface area contributed by atoms with Crippen molar-refractivity contribution in [3.05, 3.63) is 29.6 Å². The summed E-state index contributed by atoms with van der Waals surface area (Å²) in [7, 11) is 2.02. The Labute approximate surface area is 108 Å². The molecule has 1 aromatic carbocycles. The first kappa shape index (κ1) is 12.9. The monoisotopic (exact) mass is 246 g/mol. The summed E-state index contributed by atoms with van der Waals surface area (Å²) in [5, 5.41) is 8.72. The third-order valence-electron chi connectivity index (χ3n) is 4.01. The summed E-state index contributed by atoms with van der Waals surface area (Å²) in [5.41, 5.74) is 0.982. The molecule has 0 spiro atoms. The third kappa shape index (κ3) is 2.64. The van der Waals surface area contributed by atoms with Crippen molar-refractivity contribution in [3.8, 4) is 6.07 Å². The van der Waals surface area contributed by atoms with Crippen LogP contribution in [0.15, 0.2) is 18.2 Å². The maximum absolute atomic E-state index is 13.6. The van der Waals surface area contributed by atoms with E-state index in [1.165, 1.54) is 31.7 Å². The number of nitriles is 1. The lowest BCUT2D eigenvalue weighted by Crippen LogP contribution is -2.34. The van der Waals surface area contributed by atoms with Crippen molar-refractivity contribution in [2.75, 3.05) is 11.9 Å². The van der Waals surface area contributed by atoms with E-state index in [2.05, 4.69) is 11.8 Å². The zero-order valence-corrected chi connectivity index (χ0v) is 11.0. The molecule has 2 rings (SSSR count). The van der Waals surface area contributed by atoms with Crippen LogP contribution >= 0.6 is 0 Å². The maximum Gasteiger partial charge on any atom is 0.143 e. The Bertz CT molecular complexity index is 456. The molecule has 0 amide bonds. The van der Waals surface area contributed by atoms with Crippen LogP contribution in [0.25, 0.3) is 0 Å². The maximum atomic E-state index is 13.6. The van der Waals surface area contributed by atoms with Gasteiger partial charge in [-0.1, -0.05) is 6.92 Å². The van der Waals surface area contributed by atoms with E-state index in [-0.39, 0.29) is 5.56 Å². The van der Waals surface area contributed by atoms with Crippen LogP contribution in [0.4, 0.5) is 10.1 Å². The summed E-state index contributed by atoms with van der Waals surface area (Å²) in [6, 6.07) is 7.21. The molecule has 0 radical (unpaired) electrons. The molecule has 0 unspecified atom stereocenters. The first-order valence-electron chi connectivity index (χ1n) is 6.54. The Kier molecular flexibility index (Phi) is 3.86. The lowest BCUT2D eigenvalue weighted by Gasteiger charge is -2.35. The first-order chi connectivity index (χ1) is 8.61. The second kappa shape index (κ2) is 5.39. The van der Waals surface area contributed by atoms with E-state index in [0.717, 1.165) is 11.6 Å². The van der Waals surface area contributed by atoms with Crippen LogP contribution < -0.4 is 4.90 Å². The molecule has 0 aliphatic heterocycles. The smallest absolute Gasteiger partial charge is 0.143 e. The quantitative estimate of drug-likeness (QED) is 0.795. The van der Waals surface area contributed by atoms with E-state index in [1.54, 1.807) is 6.07 Å². The molecule has 18 heavy (non-hydrogen) atoms. The van der Waals surface area contributed by atoms with Crippen molar-refractivity contribution in [1.29, 1.82) is 5.26 Å². The minimum absolute atomic E-state index is 0.115. The number of benzene rings is 1. The average molecular weight is 246 g/mol. The highest BCUT2D eigenvalue weighted by Gasteiger charge is 2.22. The summed E-state index contributed by atoms with van der Waals surface area (Å²) in [6.07, 6.45) is 4.82. The zero-order valence-electron chi connectivity index (χ0n) is 11.0. The van der Waals surface area contributed by atoms with E-state index < -0.39 is 5.82 Å². The molecule has 0 saturated heterocycles. The van der Waals surface area contributed by atoms with E-state index >= 15 is 0 Å². The average Bonchev–Trinajstić information content (AvgIpc) is 2.38. The second-order valence-electron chi connectivity index (χ2n) is 5.30. The molecule has 96 valence electrons. The SMILES string of the molecule is CC1CCC(N(C)c2ccc(C#N)c(F)c2)CC1. The lowest BCUT2D eigenvalue weighted by molar-refractivity contribution is 0.340. The van der Waals surface area contributed by atoms with Crippen molar-refractivity contribution in [2.24, 2.45) is 5.92 Å². The van der Waals surface area contributed by atoms with Crippen LogP contribution in [-0.4, -0.2) is 13.1 Å². The van der Waals surface area contributed by atoms with E-state index in [4.69, 9.17) is 5.26 Å². The van der Waals surface area contributed by atoms with Crippen LogP contribution in [0.3, 0.4) is 0 Å². The molecule has 0 N–H and O–H groups in total. The molecule has 1 aliphatic carbocycles. The van der Waals surface area contributed by atoms with Crippen LogP contribution in [0.5, 0.6) is 0 Å². The Morgan fingerprint density at radius 2 is 1.94 bits per heavy atom. The molecular weight excluding hydrogens is 227 g/mol. The van der Waals surface area contributed by atoms with E-state index in [9.17, 15) is 4.39 Å². The normalized spacial score (nSPS) is 23.4. The van der Waals surface area contributed by atoms with Crippen LogP contribution in [-0.2, 0) is 0 Å². The van der Waals surface area contributed by atoms with Gasteiger partial charge in [0.15, 0.2) is 0 Å². The van der Waals surface area contributed by atoms with Crippen LogP contribution in [0.1, 0.15) is 38.2 Å². The van der Waals surface area contributed by atoms with Gasteiger partial charge in [-0.15, -0.1) is 0 Å². The number of anilines is 1. The number of halogens is 1. The van der Waals surface area contributed by atoms with Gasteiger partial charge < -0.3 is 4.90 Å². The topological polar surface area (TPSA) is 27.0 Å². The third-order valence-corrected chi connectivity index (χ3v) is 4.01. The molecule has 2 nitrogen and oxygen atoms in total. The van der Waals surface area contributed by atoms with Crippen molar-refractivity contribution < 1.29 is 4.39 Å². The predicted molar refractivity (Wildman–Crippen MR) is 70.9 cm³/mol. The van der Waals surface area contributed by atoms with E-state index in [0.29, 0.717) is 6.04 Å². The Morgan fingerprint density at radius 3 is 2.50 bits per heavy atom. The molecule has 1 aromatic rings. The number of nitrogens with zero attached hydrogens (tertiary/aromatic N) is 2. The largest absolute Gasteiger partial charge is 0.372 e. The number of hydrogen-bond acceptors (Lipinski definition) is 2. The van der Waals surface area contributed by atoms with Gasteiger partial charge in [0, 0.05) is 18.8 Å². The molecule has 3 heteroatoms. The second-order valence-corrected chi connectivity index (χ2v) is 5.30. The molecule has 1 fully saturated rings. The van der Waals surface area contributed by atoms with Gasteiger partial charge in [0.25, 0.3) is 0 Å². The highest BCUT2D eigenvalue weighted by molar-refractivity contribution is 5.50. The minimum atomic E-state index is -0.425. The van der Waals surface area contributed by atoms with Gasteiger partial charge in [-0.3, -0.25) is 0 Å². The van der Waals surface area contributed by atoms with Crippen LogP contribution in [0, 0.1) is 23.1 Å². The first-order valence-corrected chi connectivity index (χ1v) is 6.54. The lowest BCUT2D eigenvalue weighted by atomic mass is 9.86. The summed E-state index contributed by atoms with van der Waals surface area (Å²) in [5.74, 6) is 0.387. The minimum Gasteiger partial charge on any atom is -0.372 e. The van der Waals surface area contributed by atoms with Gasteiger partial charge in [0.1, 0.15) is 11.9 Å². The fourth-order valence-electron chi connectivity index (χ4n) is 2.65. The Hall–Kier alpha value is -1.56. The fourth-order valence-corrected chi connectivity index (χ4v) is 2.65. The Balaban J connectivity index is 2.11. The van der Waals surface area contributed by atoms with Gasteiger partial charge in [-0.25, -0.2) is 4.39 Å². The highest BCUT2D eigenvalue weighted by atomic mass is 19.1. The molecule has 0 bridgehead atoms. The zero-order chi connectivity index (χ0) is 13.1. The van der Waals surface area contributed by atoms with Crippen molar-refractivity contribution >= 4 is 5.69 Å². The van der Waals surface area contributed by atoms with E-state index in [1.807, 2.05) is 19.2 Å². The number of rotatable bonds is 2. The standard InChI is InChI=1S/C15H19FN2/c1-11-3-6-13(7-4-11)18(2)14-8-5-12(10-17)15(16)9-14/h5,8-9,11,13H,3-4,6-7H2,1-2H3. The van der Waals surface area contributed by atoms with Gasteiger partial charge in [0.05, 0.1) is 5.56 Å². The van der Waals surface area contributed by atoms with Crippen LogP contribution in [0.2, 0.25) is 0 Å².